The number of hydrogen-bond donors (Lipinski definition) is 1. The molecular weight excluding hydrogens is 258 g/mol. The van der Waals surface area contributed by atoms with Crippen LogP contribution < -0.4 is 5.32 Å². The second-order valence-corrected chi connectivity index (χ2v) is 6.99. The molecule has 0 radical (unpaired) electrons. The Hall–Kier alpha value is -0.830. The first kappa shape index (κ1) is 16.5. The zero-order valence-corrected chi connectivity index (χ0v) is 14.1. The number of nitrogens with one attached hydrogen (secondary N) is 1. The zero-order chi connectivity index (χ0) is 15.1. The van der Waals surface area contributed by atoms with Crippen molar-refractivity contribution in [1.29, 1.82) is 0 Å². The number of hydrogen-bond acceptors (Lipinski definition) is 2. The summed E-state index contributed by atoms with van der Waals surface area (Å²) in [5, 5.41) is 8.45. The topological polar surface area (TPSA) is 29.9 Å². The van der Waals surface area contributed by atoms with Crippen molar-refractivity contribution < 1.29 is 0 Å². The van der Waals surface area contributed by atoms with Gasteiger partial charge in [0.05, 0.1) is 11.7 Å². The van der Waals surface area contributed by atoms with Gasteiger partial charge in [0, 0.05) is 6.20 Å². The smallest absolute Gasteiger partial charge is 0.0628 e. The molecular formula is C18H33N3. The molecule has 21 heavy (non-hydrogen) atoms. The Kier molecular flexibility index (Phi) is 6.75. The quantitative estimate of drug-likeness (QED) is 0.727. The van der Waals surface area contributed by atoms with Crippen LogP contribution in [0.3, 0.4) is 0 Å². The van der Waals surface area contributed by atoms with Gasteiger partial charge in [0.1, 0.15) is 0 Å². The molecule has 0 aliphatic heterocycles. The maximum atomic E-state index is 4.87. The lowest BCUT2D eigenvalue weighted by molar-refractivity contribution is 0.322. The van der Waals surface area contributed by atoms with Crippen LogP contribution in [0.4, 0.5) is 0 Å². The summed E-state index contributed by atoms with van der Waals surface area (Å²) in [4.78, 5) is 0. The molecule has 1 aliphatic carbocycles. The van der Waals surface area contributed by atoms with Crippen LogP contribution in [0.5, 0.6) is 0 Å². The Labute approximate surface area is 130 Å². The summed E-state index contributed by atoms with van der Waals surface area (Å²) in [7, 11) is 0. The second kappa shape index (κ2) is 8.57. The molecule has 1 aliphatic rings. The van der Waals surface area contributed by atoms with E-state index in [2.05, 4.69) is 43.0 Å². The molecule has 1 fully saturated rings. The van der Waals surface area contributed by atoms with E-state index in [4.69, 9.17) is 5.10 Å². The van der Waals surface area contributed by atoms with Crippen molar-refractivity contribution in [1.82, 2.24) is 15.1 Å². The summed E-state index contributed by atoms with van der Waals surface area (Å²) in [5.74, 6) is 1.39. The van der Waals surface area contributed by atoms with Crippen LogP contribution in [0.15, 0.2) is 12.3 Å². The van der Waals surface area contributed by atoms with E-state index < -0.39 is 0 Å². The standard InChI is InChI=1S/C18H33N3/c1-4-11-19-14-16(15(2)3)13-17-10-12-21(20-17)18-8-6-5-7-9-18/h10,12,15-16,18-19H,4-9,11,13-14H2,1-3H3. The van der Waals surface area contributed by atoms with Gasteiger partial charge in [0.25, 0.3) is 0 Å². The van der Waals surface area contributed by atoms with Crippen LogP contribution in [0.25, 0.3) is 0 Å². The van der Waals surface area contributed by atoms with Gasteiger partial charge in [-0.15, -0.1) is 0 Å². The van der Waals surface area contributed by atoms with Crippen LogP contribution in [-0.4, -0.2) is 22.9 Å². The SMILES string of the molecule is CCCNCC(Cc1ccn(C2CCCCC2)n1)C(C)C. The molecule has 1 heterocycles. The summed E-state index contributed by atoms with van der Waals surface area (Å²) in [6, 6.07) is 2.90. The normalized spacial score (nSPS) is 18.3. The lowest BCUT2D eigenvalue weighted by Gasteiger charge is -2.22. The van der Waals surface area contributed by atoms with Crippen molar-refractivity contribution in [3.05, 3.63) is 18.0 Å². The van der Waals surface area contributed by atoms with Crippen molar-refractivity contribution in [2.24, 2.45) is 11.8 Å². The molecule has 1 N–H and O–H groups in total. The summed E-state index contributed by atoms with van der Waals surface area (Å²) >= 11 is 0. The first-order valence-electron chi connectivity index (χ1n) is 8.95. The average Bonchev–Trinajstić information content (AvgIpc) is 2.96. The van der Waals surface area contributed by atoms with E-state index in [1.165, 1.54) is 44.2 Å². The minimum atomic E-state index is 0.656. The van der Waals surface area contributed by atoms with Crippen molar-refractivity contribution in [3.63, 3.8) is 0 Å². The predicted molar refractivity (Wildman–Crippen MR) is 89.5 cm³/mol. The lowest BCUT2D eigenvalue weighted by atomic mass is 9.91. The summed E-state index contributed by atoms with van der Waals surface area (Å²) in [6.45, 7) is 9.12. The van der Waals surface area contributed by atoms with Crippen molar-refractivity contribution in [2.75, 3.05) is 13.1 Å². The Morgan fingerprint density at radius 3 is 2.71 bits per heavy atom. The first-order valence-corrected chi connectivity index (χ1v) is 8.95. The Morgan fingerprint density at radius 1 is 1.29 bits per heavy atom. The number of aromatic nitrogens is 2. The fourth-order valence-corrected chi connectivity index (χ4v) is 3.31. The molecule has 2 rings (SSSR count). The Balaban J connectivity index is 1.89. The average molecular weight is 291 g/mol. The fraction of sp³-hybridized carbons (Fsp3) is 0.833. The van der Waals surface area contributed by atoms with E-state index in [1.807, 2.05) is 0 Å². The minimum Gasteiger partial charge on any atom is -0.316 e. The number of rotatable bonds is 8. The maximum Gasteiger partial charge on any atom is 0.0628 e. The molecule has 1 unspecified atom stereocenters. The lowest BCUT2D eigenvalue weighted by Crippen LogP contribution is -2.28. The van der Waals surface area contributed by atoms with Gasteiger partial charge < -0.3 is 5.32 Å². The van der Waals surface area contributed by atoms with Crippen molar-refractivity contribution in [3.8, 4) is 0 Å². The summed E-state index contributed by atoms with van der Waals surface area (Å²) in [5.41, 5.74) is 1.28. The van der Waals surface area contributed by atoms with Gasteiger partial charge in [0.15, 0.2) is 0 Å². The summed E-state index contributed by atoms with van der Waals surface area (Å²) < 4.78 is 2.24. The first-order chi connectivity index (χ1) is 10.2. The largest absolute Gasteiger partial charge is 0.316 e. The monoisotopic (exact) mass is 291 g/mol. The van der Waals surface area contributed by atoms with Crippen LogP contribution in [0.2, 0.25) is 0 Å². The second-order valence-electron chi connectivity index (χ2n) is 6.99. The molecule has 120 valence electrons. The van der Waals surface area contributed by atoms with Gasteiger partial charge in [-0.3, -0.25) is 4.68 Å². The summed E-state index contributed by atoms with van der Waals surface area (Å²) in [6.07, 6.45) is 11.3. The molecule has 3 heteroatoms. The molecule has 1 atom stereocenters. The van der Waals surface area contributed by atoms with E-state index >= 15 is 0 Å². The Morgan fingerprint density at radius 2 is 2.05 bits per heavy atom. The highest BCUT2D eigenvalue weighted by molar-refractivity contribution is 5.02. The predicted octanol–water partition coefficient (Wildman–Crippen LogP) is 4.20. The fourth-order valence-electron chi connectivity index (χ4n) is 3.31. The van der Waals surface area contributed by atoms with Gasteiger partial charge in [0.2, 0.25) is 0 Å². The highest BCUT2D eigenvalue weighted by Crippen LogP contribution is 2.27. The highest BCUT2D eigenvalue weighted by Gasteiger charge is 2.18. The van der Waals surface area contributed by atoms with Crippen LogP contribution in [0.1, 0.15) is 71.0 Å². The third-order valence-electron chi connectivity index (χ3n) is 4.86. The van der Waals surface area contributed by atoms with E-state index in [-0.39, 0.29) is 0 Å². The van der Waals surface area contributed by atoms with Crippen LogP contribution in [-0.2, 0) is 6.42 Å². The highest BCUT2D eigenvalue weighted by atomic mass is 15.3. The molecule has 3 nitrogen and oxygen atoms in total. The van der Waals surface area contributed by atoms with Gasteiger partial charge in [-0.25, -0.2) is 0 Å². The van der Waals surface area contributed by atoms with E-state index in [9.17, 15) is 0 Å². The van der Waals surface area contributed by atoms with Gasteiger partial charge >= 0.3 is 0 Å². The van der Waals surface area contributed by atoms with Crippen molar-refractivity contribution >= 4 is 0 Å². The molecule has 0 spiro atoms. The van der Waals surface area contributed by atoms with E-state index in [0.29, 0.717) is 17.9 Å². The molecule has 0 bridgehead atoms. The number of nitrogens with zero attached hydrogens (tertiary/aromatic N) is 2. The van der Waals surface area contributed by atoms with Gasteiger partial charge in [-0.05, 0) is 56.7 Å². The molecule has 0 saturated heterocycles. The van der Waals surface area contributed by atoms with Crippen molar-refractivity contribution in [2.45, 2.75) is 71.8 Å². The minimum absolute atomic E-state index is 0.656. The van der Waals surface area contributed by atoms with Crippen LogP contribution in [0, 0.1) is 11.8 Å². The molecule has 0 aromatic carbocycles. The van der Waals surface area contributed by atoms with E-state index in [0.717, 1.165) is 19.5 Å². The molecule has 1 aromatic heterocycles. The van der Waals surface area contributed by atoms with Gasteiger partial charge in [-0.1, -0.05) is 40.0 Å². The molecule has 0 amide bonds. The Bertz CT molecular complexity index is 391. The van der Waals surface area contributed by atoms with E-state index in [1.54, 1.807) is 0 Å². The maximum absolute atomic E-state index is 4.87. The van der Waals surface area contributed by atoms with Crippen LogP contribution >= 0.6 is 0 Å². The molecule has 1 saturated carbocycles. The third-order valence-corrected chi connectivity index (χ3v) is 4.86. The zero-order valence-electron chi connectivity index (χ0n) is 14.1. The molecule has 1 aromatic rings. The third kappa shape index (κ3) is 5.14. The van der Waals surface area contributed by atoms with Gasteiger partial charge in [-0.2, -0.15) is 5.10 Å².